The number of hydrogen-bond donors (Lipinski definition) is 0. The molecular weight excluding hydrogens is 176 g/mol. The predicted octanol–water partition coefficient (Wildman–Crippen LogP) is 2.84. The lowest BCUT2D eigenvalue weighted by Gasteiger charge is -2.19. The third-order valence-corrected chi connectivity index (χ3v) is 2.26. The number of benzene rings is 1. The maximum absolute atomic E-state index is 10.5. The highest BCUT2D eigenvalue weighted by Crippen LogP contribution is 2.24. The minimum Gasteiger partial charge on any atom is -0.376 e. The van der Waals surface area contributed by atoms with Crippen LogP contribution in [0.2, 0.25) is 0 Å². The highest BCUT2D eigenvalue weighted by molar-refractivity contribution is 5.74. The maximum atomic E-state index is 10.5. The standard InChI is InChI=1S/C12H16O2/c1-9(2)12(14-3)11-6-4-10(8-13)5-7-11/h4-9,12H,1-3H3. The van der Waals surface area contributed by atoms with Crippen LogP contribution < -0.4 is 0 Å². The summed E-state index contributed by atoms with van der Waals surface area (Å²) in [5.74, 6) is 0.432. The molecule has 1 atom stereocenters. The Morgan fingerprint density at radius 3 is 2.14 bits per heavy atom. The van der Waals surface area contributed by atoms with Crippen molar-refractivity contribution in [2.75, 3.05) is 7.11 Å². The molecule has 0 aliphatic carbocycles. The molecule has 1 rings (SSSR count). The molecule has 1 aromatic carbocycles. The molecule has 1 unspecified atom stereocenters. The van der Waals surface area contributed by atoms with Crippen molar-refractivity contribution in [2.45, 2.75) is 20.0 Å². The quantitative estimate of drug-likeness (QED) is 0.686. The summed E-state index contributed by atoms with van der Waals surface area (Å²) in [6, 6.07) is 7.52. The lowest BCUT2D eigenvalue weighted by atomic mass is 9.98. The number of methoxy groups -OCH3 is 1. The van der Waals surface area contributed by atoms with Crippen molar-refractivity contribution in [1.29, 1.82) is 0 Å². The summed E-state index contributed by atoms with van der Waals surface area (Å²) in [5, 5.41) is 0. The Labute approximate surface area is 84.9 Å². The van der Waals surface area contributed by atoms with Crippen molar-refractivity contribution in [1.82, 2.24) is 0 Å². The summed E-state index contributed by atoms with van der Waals surface area (Å²) in [4.78, 5) is 10.5. The lowest BCUT2D eigenvalue weighted by Crippen LogP contribution is -2.08. The van der Waals surface area contributed by atoms with Gasteiger partial charge in [0, 0.05) is 12.7 Å². The van der Waals surface area contributed by atoms with Gasteiger partial charge in [0.2, 0.25) is 0 Å². The van der Waals surface area contributed by atoms with Gasteiger partial charge in [0.15, 0.2) is 0 Å². The minimum absolute atomic E-state index is 0.107. The van der Waals surface area contributed by atoms with Gasteiger partial charge in [-0.3, -0.25) is 4.79 Å². The first-order valence-corrected chi connectivity index (χ1v) is 4.77. The van der Waals surface area contributed by atoms with E-state index in [4.69, 9.17) is 4.74 Å². The predicted molar refractivity (Wildman–Crippen MR) is 56.4 cm³/mol. The molecule has 0 saturated heterocycles. The fourth-order valence-electron chi connectivity index (χ4n) is 1.56. The van der Waals surface area contributed by atoms with Crippen LogP contribution in [-0.2, 0) is 4.74 Å². The summed E-state index contributed by atoms with van der Waals surface area (Å²) in [7, 11) is 1.71. The topological polar surface area (TPSA) is 26.3 Å². The molecule has 0 bridgehead atoms. The van der Waals surface area contributed by atoms with Gasteiger partial charge in [0.05, 0.1) is 6.10 Å². The highest BCUT2D eigenvalue weighted by atomic mass is 16.5. The first kappa shape index (κ1) is 10.9. The van der Waals surface area contributed by atoms with E-state index in [9.17, 15) is 4.79 Å². The number of ether oxygens (including phenoxy) is 1. The molecule has 0 heterocycles. The van der Waals surface area contributed by atoms with Crippen LogP contribution in [-0.4, -0.2) is 13.4 Å². The summed E-state index contributed by atoms with van der Waals surface area (Å²) in [6.45, 7) is 4.23. The van der Waals surface area contributed by atoms with Crippen molar-refractivity contribution in [2.24, 2.45) is 5.92 Å². The molecule has 0 aliphatic rings. The molecule has 1 aromatic rings. The van der Waals surface area contributed by atoms with E-state index in [2.05, 4.69) is 13.8 Å². The Morgan fingerprint density at radius 1 is 1.21 bits per heavy atom. The minimum atomic E-state index is 0.107. The van der Waals surface area contributed by atoms with Gasteiger partial charge >= 0.3 is 0 Å². The van der Waals surface area contributed by atoms with Gasteiger partial charge in [0.25, 0.3) is 0 Å². The van der Waals surface area contributed by atoms with Gasteiger partial charge in [-0.25, -0.2) is 0 Å². The number of hydrogen-bond acceptors (Lipinski definition) is 2. The second-order valence-corrected chi connectivity index (χ2v) is 3.68. The molecule has 0 N–H and O–H groups in total. The van der Waals surface area contributed by atoms with Crippen LogP contribution in [0.3, 0.4) is 0 Å². The number of carbonyl (C=O) groups excluding carboxylic acids is 1. The first-order valence-electron chi connectivity index (χ1n) is 4.77. The lowest BCUT2D eigenvalue weighted by molar-refractivity contribution is 0.0646. The zero-order valence-corrected chi connectivity index (χ0v) is 8.86. The summed E-state index contributed by atoms with van der Waals surface area (Å²) in [5.41, 5.74) is 1.82. The highest BCUT2D eigenvalue weighted by Gasteiger charge is 2.14. The van der Waals surface area contributed by atoms with E-state index in [1.807, 2.05) is 24.3 Å². The van der Waals surface area contributed by atoms with Crippen molar-refractivity contribution >= 4 is 6.29 Å². The average Bonchev–Trinajstić information content (AvgIpc) is 2.19. The summed E-state index contributed by atoms with van der Waals surface area (Å²) >= 11 is 0. The molecule has 76 valence electrons. The Hall–Kier alpha value is -1.15. The fourth-order valence-corrected chi connectivity index (χ4v) is 1.56. The van der Waals surface area contributed by atoms with Crippen molar-refractivity contribution < 1.29 is 9.53 Å². The molecule has 0 aliphatic heterocycles. The zero-order chi connectivity index (χ0) is 10.6. The van der Waals surface area contributed by atoms with Crippen LogP contribution in [0.15, 0.2) is 24.3 Å². The van der Waals surface area contributed by atoms with Gasteiger partial charge < -0.3 is 4.74 Å². The molecular formula is C12H16O2. The van der Waals surface area contributed by atoms with E-state index in [0.717, 1.165) is 11.8 Å². The van der Waals surface area contributed by atoms with E-state index < -0.39 is 0 Å². The Bertz CT molecular complexity index is 288. The van der Waals surface area contributed by atoms with Crippen LogP contribution in [0.4, 0.5) is 0 Å². The van der Waals surface area contributed by atoms with E-state index in [-0.39, 0.29) is 6.10 Å². The van der Waals surface area contributed by atoms with Crippen LogP contribution in [0.25, 0.3) is 0 Å². The molecule has 14 heavy (non-hydrogen) atoms. The number of aldehydes is 1. The fraction of sp³-hybridized carbons (Fsp3) is 0.417. The average molecular weight is 192 g/mol. The van der Waals surface area contributed by atoms with Gasteiger partial charge in [-0.05, 0) is 11.5 Å². The number of rotatable bonds is 4. The second kappa shape index (κ2) is 4.91. The van der Waals surface area contributed by atoms with E-state index in [1.54, 1.807) is 7.11 Å². The van der Waals surface area contributed by atoms with Crippen molar-refractivity contribution in [3.8, 4) is 0 Å². The molecule has 0 fully saturated rings. The van der Waals surface area contributed by atoms with Crippen LogP contribution >= 0.6 is 0 Å². The van der Waals surface area contributed by atoms with Gasteiger partial charge in [-0.15, -0.1) is 0 Å². The Balaban J connectivity index is 2.89. The Morgan fingerprint density at radius 2 is 1.79 bits per heavy atom. The van der Waals surface area contributed by atoms with Crippen LogP contribution in [0.1, 0.15) is 35.9 Å². The summed E-state index contributed by atoms with van der Waals surface area (Å²) < 4.78 is 5.38. The third-order valence-electron chi connectivity index (χ3n) is 2.26. The van der Waals surface area contributed by atoms with Gasteiger partial charge in [-0.2, -0.15) is 0 Å². The number of carbonyl (C=O) groups is 1. The molecule has 0 radical (unpaired) electrons. The zero-order valence-electron chi connectivity index (χ0n) is 8.86. The van der Waals surface area contributed by atoms with E-state index in [1.165, 1.54) is 0 Å². The molecule has 0 spiro atoms. The van der Waals surface area contributed by atoms with E-state index in [0.29, 0.717) is 11.5 Å². The SMILES string of the molecule is COC(c1ccc(C=O)cc1)C(C)C. The first-order chi connectivity index (χ1) is 6.69. The van der Waals surface area contributed by atoms with Crippen molar-refractivity contribution in [3.05, 3.63) is 35.4 Å². The molecule has 2 nitrogen and oxygen atoms in total. The maximum Gasteiger partial charge on any atom is 0.150 e. The van der Waals surface area contributed by atoms with E-state index >= 15 is 0 Å². The largest absolute Gasteiger partial charge is 0.376 e. The monoisotopic (exact) mass is 192 g/mol. The van der Waals surface area contributed by atoms with Crippen molar-refractivity contribution in [3.63, 3.8) is 0 Å². The molecule has 0 saturated carbocycles. The third kappa shape index (κ3) is 2.42. The summed E-state index contributed by atoms with van der Waals surface area (Å²) in [6.07, 6.45) is 0.955. The second-order valence-electron chi connectivity index (χ2n) is 3.68. The molecule has 2 heteroatoms. The van der Waals surface area contributed by atoms with Gasteiger partial charge in [0.1, 0.15) is 6.29 Å². The molecule has 0 aromatic heterocycles. The Kier molecular flexibility index (Phi) is 3.84. The smallest absolute Gasteiger partial charge is 0.150 e. The molecule has 0 amide bonds. The van der Waals surface area contributed by atoms with Gasteiger partial charge in [-0.1, -0.05) is 38.1 Å². The van der Waals surface area contributed by atoms with Crippen LogP contribution in [0, 0.1) is 5.92 Å². The van der Waals surface area contributed by atoms with Crippen LogP contribution in [0.5, 0.6) is 0 Å². The normalized spacial score (nSPS) is 12.9.